The number of carbonyl (C=O) groups is 2. The molecule has 0 amide bonds. The highest BCUT2D eigenvalue weighted by molar-refractivity contribution is 6.40. The maximum Gasteiger partial charge on any atom is 0.377 e. The maximum atomic E-state index is 13.0. The molecule has 0 aromatic heterocycles. The average Bonchev–Trinajstić information content (AvgIpc) is 2.10. The van der Waals surface area contributed by atoms with E-state index in [4.69, 9.17) is 10.2 Å². The summed E-state index contributed by atoms with van der Waals surface area (Å²) in [7, 11) is 0. The summed E-state index contributed by atoms with van der Waals surface area (Å²) in [6.45, 7) is 1.44. The van der Waals surface area contributed by atoms with Gasteiger partial charge in [0.1, 0.15) is 11.6 Å². The Bertz CT molecular complexity index is 412. The SMILES string of the molecule is Cc1cc(F)c(C(=O)C(=O)O)cc1O. The number of phenols is 1. The number of Topliss-reactive ketones (excluding diaryl/α,β-unsaturated/α-hetero) is 1. The van der Waals surface area contributed by atoms with E-state index in [0.717, 1.165) is 12.1 Å². The number of aromatic hydroxyl groups is 1. The van der Waals surface area contributed by atoms with Gasteiger partial charge in [0.05, 0.1) is 5.56 Å². The topological polar surface area (TPSA) is 74.6 Å². The third-order valence-corrected chi connectivity index (χ3v) is 1.72. The Morgan fingerprint density at radius 1 is 1.36 bits per heavy atom. The molecule has 0 atom stereocenters. The Kier molecular flexibility index (Phi) is 2.51. The second-order valence-corrected chi connectivity index (χ2v) is 2.75. The normalized spacial score (nSPS) is 9.86. The van der Waals surface area contributed by atoms with Gasteiger partial charge in [-0.05, 0) is 24.6 Å². The second-order valence-electron chi connectivity index (χ2n) is 2.75. The van der Waals surface area contributed by atoms with Gasteiger partial charge in [0, 0.05) is 0 Å². The molecule has 14 heavy (non-hydrogen) atoms. The molecular weight excluding hydrogens is 191 g/mol. The molecule has 4 nitrogen and oxygen atoms in total. The zero-order chi connectivity index (χ0) is 10.9. The highest BCUT2D eigenvalue weighted by Gasteiger charge is 2.20. The first kappa shape index (κ1) is 10.2. The van der Waals surface area contributed by atoms with Crippen molar-refractivity contribution in [3.05, 3.63) is 29.1 Å². The molecule has 74 valence electrons. The number of phenolic OH excluding ortho intramolecular Hbond substituents is 1. The Morgan fingerprint density at radius 3 is 2.43 bits per heavy atom. The van der Waals surface area contributed by atoms with Crippen LogP contribution in [0.2, 0.25) is 0 Å². The minimum absolute atomic E-state index is 0.240. The molecular formula is C9H7FO4. The van der Waals surface area contributed by atoms with Crippen LogP contribution in [0, 0.1) is 12.7 Å². The van der Waals surface area contributed by atoms with Crippen molar-refractivity contribution in [2.45, 2.75) is 6.92 Å². The van der Waals surface area contributed by atoms with E-state index in [1.54, 1.807) is 0 Å². The van der Waals surface area contributed by atoms with Crippen LogP contribution in [0.25, 0.3) is 0 Å². The molecule has 0 unspecified atom stereocenters. The van der Waals surface area contributed by atoms with Gasteiger partial charge in [-0.3, -0.25) is 4.79 Å². The summed E-state index contributed by atoms with van der Waals surface area (Å²) in [5, 5.41) is 17.5. The molecule has 0 saturated carbocycles. The fourth-order valence-corrected chi connectivity index (χ4v) is 0.950. The summed E-state index contributed by atoms with van der Waals surface area (Å²) >= 11 is 0. The zero-order valence-corrected chi connectivity index (χ0v) is 7.24. The van der Waals surface area contributed by atoms with Gasteiger partial charge in [0.2, 0.25) is 0 Å². The highest BCUT2D eigenvalue weighted by Crippen LogP contribution is 2.21. The number of carboxylic acids is 1. The fourth-order valence-electron chi connectivity index (χ4n) is 0.950. The van der Waals surface area contributed by atoms with E-state index in [1.165, 1.54) is 6.92 Å². The predicted octanol–water partition coefficient (Wildman–Crippen LogP) is 1.11. The van der Waals surface area contributed by atoms with Crippen molar-refractivity contribution in [1.82, 2.24) is 0 Å². The molecule has 0 aliphatic rings. The number of rotatable bonds is 2. The average molecular weight is 198 g/mol. The molecule has 1 rings (SSSR count). The lowest BCUT2D eigenvalue weighted by molar-refractivity contribution is -0.131. The number of carbonyl (C=O) groups excluding carboxylic acids is 1. The number of hydrogen-bond donors (Lipinski definition) is 2. The third-order valence-electron chi connectivity index (χ3n) is 1.72. The van der Waals surface area contributed by atoms with Crippen LogP contribution in [0.1, 0.15) is 15.9 Å². The van der Waals surface area contributed by atoms with Gasteiger partial charge in [-0.25, -0.2) is 9.18 Å². The number of aryl methyl sites for hydroxylation is 1. The van der Waals surface area contributed by atoms with Gasteiger partial charge in [-0.1, -0.05) is 0 Å². The van der Waals surface area contributed by atoms with Crippen LogP contribution in [0.3, 0.4) is 0 Å². The smallest absolute Gasteiger partial charge is 0.377 e. The van der Waals surface area contributed by atoms with Gasteiger partial charge in [-0.2, -0.15) is 0 Å². The van der Waals surface area contributed by atoms with Crippen LogP contribution in [0.15, 0.2) is 12.1 Å². The Morgan fingerprint density at radius 2 is 1.93 bits per heavy atom. The summed E-state index contributed by atoms with van der Waals surface area (Å²) in [5.41, 5.74) is -0.398. The molecule has 0 aliphatic heterocycles. The lowest BCUT2D eigenvalue weighted by atomic mass is 10.1. The number of benzene rings is 1. The largest absolute Gasteiger partial charge is 0.508 e. The molecule has 2 N–H and O–H groups in total. The van der Waals surface area contributed by atoms with Crippen molar-refractivity contribution in [2.75, 3.05) is 0 Å². The summed E-state index contributed by atoms with van der Waals surface area (Å²) in [6, 6.07) is 1.71. The first-order valence-electron chi connectivity index (χ1n) is 3.70. The summed E-state index contributed by atoms with van der Waals surface area (Å²) in [5.74, 6) is -4.39. The van der Waals surface area contributed by atoms with Gasteiger partial charge in [0.15, 0.2) is 0 Å². The zero-order valence-electron chi connectivity index (χ0n) is 7.24. The van der Waals surface area contributed by atoms with Crippen LogP contribution >= 0.6 is 0 Å². The van der Waals surface area contributed by atoms with Crippen LogP contribution in [0.4, 0.5) is 4.39 Å². The van der Waals surface area contributed by atoms with Gasteiger partial charge in [-0.15, -0.1) is 0 Å². The quantitative estimate of drug-likeness (QED) is 0.551. The van der Waals surface area contributed by atoms with E-state index < -0.39 is 23.1 Å². The van der Waals surface area contributed by atoms with E-state index in [1.807, 2.05) is 0 Å². The van der Waals surface area contributed by atoms with E-state index in [-0.39, 0.29) is 11.3 Å². The Labute approximate surface area is 78.6 Å². The Balaban J connectivity index is 3.29. The highest BCUT2D eigenvalue weighted by atomic mass is 19.1. The van der Waals surface area contributed by atoms with E-state index >= 15 is 0 Å². The number of halogens is 1. The van der Waals surface area contributed by atoms with Crippen molar-refractivity contribution in [3.63, 3.8) is 0 Å². The third kappa shape index (κ3) is 1.71. The summed E-state index contributed by atoms with van der Waals surface area (Å²) in [6.07, 6.45) is 0. The van der Waals surface area contributed by atoms with Crippen LogP contribution in [-0.2, 0) is 4.79 Å². The minimum atomic E-state index is -1.76. The van der Waals surface area contributed by atoms with E-state index in [9.17, 15) is 14.0 Å². The lowest BCUT2D eigenvalue weighted by Gasteiger charge is -2.02. The summed E-state index contributed by atoms with van der Waals surface area (Å²) < 4.78 is 13.0. The van der Waals surface area contributed by atoms with Crippen LogP contribution in [0.5, 0.6) is 5.75 Å². The molecule has 5 heteroatoms. The number of aliphatic carboxylic acids is 1. The van der Waals surface area contributed by atoms with E-state index in [0.29, 0.717) is 0 Å². The fraction of sp³-hybridized carbons (Fsp3) is 0.111. The molecule has 0 heterocycles. The molecule has 0 aliphatic carbocycles. The van der Waals surface area contributed by atoms with E-state index in [2.05, 4.69) is 0 Å². The number of ketones is 1. The van der Waals surface area contributed by atoms with Crippen molar-refractivity contribution in [2.24, 2.45) is 0 Å². The molecule has 0 spiro atoms. The molecule has 0 fully saturated rings. The molecule has 0 bridgehead atoms. The molecule has 0 saturated heterocycles. The maximum absolute atomic E-state index is 13.0. The van der Waals surface area contributed by atoms with Gasteiger partial charge < -0.3 is 10.2 Å². The first-order valence-corrected chi connectivity index (χ1v) is 3.70. The number of carboxylic acid groups (broad SMARTS) is 1. The van der Waals surface area contributed by atoms with Crippen molar-refractivity contribution in [1.29, 1.82) is 0 Å². The lowest BCUT2D eigenvalue weighted by Crippen LogP contribution is -2.14. The van der Waals surface area contributed by atoms with Gasteiger partial charge in [0.25, 0.3) is 5.78 Å². The monoisotopic (exact) mass is 198 g/mol. The number of hydrogen-bond acceptors (Lipinski definition) is 3. The second kappa shape index (κ2) is 3.45. The predicted molar refractivity (Wildman–Crippen MR) is 44.8 cm³/mol. The van der Waals surface area contributed by atoms with Crippen molar-refractivity contribution >= 4 is 11.8 Å². The molecule has 1 aromatic rings. The minimum Gasteiger partial charge on any atom is -0.508 e. The van der Waals surface area contributed by atoms with Crippen LogP contribution < -0.4 is 0 Å². The van der Waals surface area contributed by atoms with Crippen molar-refractivity contribution in [3.8, 4) is 5.75 Å². The summed E-state index contributed by atoms with van der Waals surface area (Å²) in [4.78, 5) is 21.1. The molecule has 0 radical (unpaired) electrons. The van der Waals surface area contributed by atoms with Crippen molar-refractivity contribution < 1.29 is 24.2 Å². The van der Waals surface area contributed by atoms with Crippen LogP contribution in [-0.4, -0.2) is 22.0 Å². The standard InChI is InChI=1S/C9H7FO4/c1-4-2-6(10)5(3-7(4)11)8(12)9(13)14/h2-3,11H,1H3,(H,13,14). The molecule has 1 aromatic carbocycles. The van der Waals surface area contributed by atoms with Gasteiger partial charge >= 0.3 is 5.97 Å². The Hall–Kier alpha value is -1.91. The first-order chi connectivity index (χ1) is 6.43.